The lowest BCUT2D eigenvalue weighted by atomic mass is 10.1. The Labute approximate surface area is 142 Å². The highest BCUT2D eigenvalue weighted by Gasteiger charge is 2.08. The van der Waals surface area contributed by atoms with Crippen molar-refractivity contribution in [1.82, 2.24) is 15.3 Å². The van der Waals surface area contributed by atoms with Gasteiger partial charge in [-0.2, -0.15) is 0 Å². The van der Waals surface area contributed by atoms with E-state index in [0.717, 1.165) is 17.7 Å². The van der Waals surface area contributed by atoms with Crippen LogP contribution >= 0.6 is 0 Å². The van der Waals surface area contributed by atoms with Gasteiger partial charge >= 0.3 is 0 Å². The van der Waals surface area contributed by atoms with Crippen LogP contribution in [0.4, 0.5) is 5.82 Å². The first-order chi connectivity index (χ1) is 11.6. The number of carbonyl (C=O) groups is 1. The van der Waals surface area contributed by atoms with E-state index >= 15 is 0 Å². The molecular weight excluding hydrogens is 304 g/mol. The van der Waals surface area contributed by atoms with Gasteiger partial charge in [0.25, 0.3) is 5.91 Å². The van der Waals surface area contributed by atoms with E-state index in [1.54, 1.807) is 13.3 Å². The fourth-order valence-electron chi connectivity index (χ4n) is 2.14. The lowest BCUT2D eigenvalue weighted by Crippen LogP contribution is -2.26. The van der Waals surface area contributed by atoms with Gasteiger partial charge < -0.3 is 15.4 Å². The Bertz CT molecular complexity index is 656. The quantitative estimate of drug-likeness (QED) is 0.779. The van der Waals surface area contributed by atoms with Crippen LogP contribution in [-0.2, 0) is 6.54 Å². The summed E-state index contributed by atoms with van der Waals surface area (Å²) in [5.41, 5.74) is 1.35. The molecule has 2 aromatic rings. The van der Waals surface area contributed by atoms with Crippen LogP contribution < -0.4 is 15.4 Å². The Morgan fingerprint density at radius 1 is 1.21 bits per heavy atom. The third kappa shape index (κ3) is 5.22. The summed E-state index contributed by atoms with van der Waals surface area (Å²) in [4.78, 5) is 20.4. The number of methoxy groups -OCH3 is 1. The van der Waals surface area contributed by atoms with E-state index in [0.29, 0.717) is 30.5 Å². The Kier molecular flexibility index (Phi) is 6.54. The highest BCUT2D eigenvalue weighted by molar-refractivity contribution is 5.91. The second-order valence-electron chi connectivity index (χ2n) is 5.89. The second-order valence-corrected chi connectivity index (χ2v) is 5.89. The number of rotatable bonds is 8. The van der Waals surface area contributed by atoms with Crippen molar-refractivity contribution in [1.29, 1.82) is 0 Å². The van der Waals surface area contributed by atoms with Crippen molar-refractivity contribution in [3.05, 3.63) is 47.9 Å². The maximum Gasteiger partial charge on any atom is 0.271 e. The largest absolute Gasteiger partial charge is 0.496 e. The molecule has 0 saturated heterocycles. The summed E-state index contributed by atoms with van der Waals surface area (Å²) in [6.45, 7) is 5.45. The average molecular weight is 328 g/mol. The average Bonchev–Trinajstić information content (AvgIpc) is 2.60. The number of amides is 1. The molecule has 1 heterocycles. The molecule has 0 aliphatic rings. The van der Waals surface area contributed by atoms with Crippen molar-refractivity contribution < 1.29 is 9.53 Å². The number of nitrogens with zero attached hydrogens (tertiary/aromatic N) is 2. The molecule has 6 heteroatoms. The second kappa shape index (κ2) is 8.86. The van der Waals surface area contributed by atoms with Crippen molar-refractivity contribution in [2.24, 2.45) is 5.92 Å². The zero-order chi connectivity index (χ0) is 17.4. The van der Waals surface area contributed by atoms with Gasteiger partial charge in [-0.25, -0.2) is 9.97 Å². The number of hydrogen-bond acceptors (Lipinski definition) is 5. The van der Waals surface area contributed by atoms with Gasteiger partial charge in [0.2, 0.25) is 0 Å². The molecule has 0 spiro atoms. The summed E-state index contributed by atoms with van der Waals surface area (Å²) < 4.78 is 5.31. The van der Waals surface area contributed by atoms with Crippen molar-refractivity contribution in [2.45, 2.75) is 26.8 Å². The summed E-state index contributed by atoms with van der Waals surface area (Å²) in [5, 5.41) is 6.02. The summed E-state index contributed by atoms with van der Waals surface area (Å²) in [7, 11) is 1.64. The number of para-hydroxylation sites is 1. The summed E-state index contributed by atoms with van der Waals surface area (Å²) >= 11 is 0. The lowest BCUT2D eigenvalue weighted by molar-refractivity contribution is 0.0946. The monoisotopic (exact) mass is 328 g/mol. The molecule has 24 heavy (non-hydrogen) atoms. The van der Waals surface area contributed by atoms with Crippen molar-refractivity contribution in [3.63, 3.8) is 0 Å². The lowest BCUT2D eigenvalue weighted by Gasteiger charge is -2.10. The smallest absolute Gasteiger partial charge is 0.271 e. The first-order valence-electron chi connectivity index (χ1n) is 8.06. The summed E-state index contributed by atoms with van der Waals surface area (Å²) in [6, 6.07) is 7.77. The van der Waals surface area contributed by atoms with Gasteiger partial charge in [-0.1, -0.05) is 32.0 Å². The van der Waals surface area contributed by atoms with E-state index in [4.69, 9.17) is 4.74 Å². The molecule has 0 saturated carbocycles. The van der Waals surface area contributed by atoms with Crippen LogP contribution in [0.5, 0.6) is 5.75 Å². The molecule has 6 nitrogen and oxygen atoms in total. The van der Waals surface area contributed by atoms with Crippen LogP contribution in [0, 0.1) is 5.92 Å². The van der Waals surface area contributed by atoms with E-state index in [9.17, 15) is 4.79 Å². The Hall–Kier alpha value is -2.63. The first kappa shape index (κ1) is 17.7. The highest BCUT2D eigenvalue weighted by atomic mass is 16.5. The van der Waals surface area contributed by atoms with Gasteiger partial charge in [0.15, 0.2) is 0 Å². The van der Waals surface area contributed by atoms with Crippen molar-refractivity contribution in [3.8, 4) is 5.75 Å². The molecule has 1 aromatic carbocycles. The molecule has 0 unspecified atom stereocenters. The minimum atomic E-state index is -0.195. The number of anilines is 1. The molecule has 0 aliphatic carbocycles. The van der Waals surface area contributed by atoms with Gasteiger partial charge in [0.05, 0.1) is 19.5 Å². The van der Waals surface area contributed by atoms with E-state index in [-0.39, 0.29) is 5.91 Å². The van der Waals surface area contributed by atoms with Crippen molar-refractivity contribution in [2.75, 3.05) is 19.0 Å². The predicted octanol–water partition coefficient (Wildman–Crippen LogP) is 2.87. The van der Waals surface area contributed by atoms with Crippen molar-refractivity contribution >= 4 is 11.7 Å². The molecular formula is C18H24N4O2. The highest BCUT2D eigenvalue weighted by Crippen LogP contribution is 2.18. The minimum Gasteiger partial charge on any atom is -0.496 e. The van der Waals surface area contributed by atoms with Gasteiger partial charge in [0, 0.05) is 18.7 Å². The summed E-state index contributed by atoms with van der Waals surface area (Å²) in [6.07, 6.45) is 3.99. The number of hydrogen-bond donors (Lipinski definition) is 2. The fourth-order valence-corrected chi connectivity index (χ4v) is 2.14. The molecule has 1 aromatic heterocycles. The molecule has 0 aliphatic heterocycles. The molecule has 2 N–H and O–H groups in total. The Morgan fingerprint density at radius 3 is 2.67 bits per heavy atom. The Morgan fingerprint density at radius 2 is 2.00 bits per heavy atom. The first-order valence-corrected chi connectivity index (χ1v) is 8.06. The van der Waals surface area contributed by atoms with E-state index in [1.807, 2.05) is 24.3 Å². The van der Waals surface area contributed by atoms with Crippen LogP contribution in [0.15, 0.2) is 36.7 Å². The van der Waals surface area contributed by atoms with Gasteiger partial charge in [-0.15, -0.1) is 0 Å². The minimum absolute atomic E-state index is 0.195. The molecule has 0 bridgehead atoms. The van der Waals surface area contributed by atoms with Gasteiger partial charge in [0.1, 0.15) is 17.3 Å². The maximum atomic E-state index is 11.9. The van der Waals surface area contributed by atoms with Crippen LogP contribution in [0.2, 0.25) is 0 Å². The zero-order valence-corrected chi connectivity index (χ0v) is 14.4. The Balaban J connectivity index is 1.89. The van der Waals surface area contributed by atoms with E-state index < -0.39 is 0 Å². The van der Waals surface area contributed by atoms with E-state index in [2.05, 4.69) is 34.4 Å². The normalized spacial score (nSPS) is 10.5. The number of ether oxygens (including phenoxy) is 1. The SMILES string of the molecule is COc1ccccc1CNc1cnc(C(=O)NCCC(C)C)cn1. The number of carbonyl (C=O) groups excluding carboxylic acids is 1. The third-order valence-corrected chi connectivity index (χ3v) is 3.54. The molecule has 0 radical (unpaired) electrons. The van der Waals surface area contributed by atoms with Gasteiger partial charge in [-0.3, -0.25) is 4.79 Å². The molecule has 2 rings (SSSR count). The third-order valence-electron chi connectivity index (χ3n) is 3.54. The van der Waals surface area contributed by atoms with Crippen LogP contribution in [0.3, 0.4) is 0 Å². The van der Waals surface area contributed by atoms with Crippen LogP contribution in [0.25, 0.3) is 0 Å². The standard InChI is InChI=1S/C18H24N4O2/c1-13(2)8-9-19-18(23)15-11-22-17(12-20-15)21-10-14-6-4-5-7-16(14)24-3/h4-7,11-13H,8-10H2,1-3H3,(H,19,23)(H,21,22). The predicted molar refractivity (Wildman–Crippen MR) is 94.1 cm³/mol. The topological polar surface area (TPSA) is 76.1 Å². The van der Waals surface area contributed by atoms with Gasteiger partial charge in [-0.05, 0) is 18.4 Å². The fraction of sp³-hybridized carbons (Fsp3) is 0.389. The number of aromatic nitrogens is 2. The summed E-state index contributed by atoms with van der Waals surface area (Å²) in [5.74, 6) is 1.79. The zero-order valence-electron chi connectivity index (χ0n) is 14.4. The molecule has 0 atom stereocenters. The van der Waals surface area contributed by atoms with Crippen LogP contribution in [-0.4, -0.2) is 29.5 Å². The number of benzene rings is 1. The molecule has 128 valence electrons. The maximum absolute atomic E-state index is 11.9. The van der Waals surface area contributed by atoms with E-state index in [1.165, 1.54) is 6.20 Å². The number of nitrogens with one attached hydrogen (secondary N) is 2. The molecule has 1 amide bonds. The molecule has 0 fully saturated rings. The van der Waals surface area contributed by atoms with Crippen LogP contribution in [0.1, 0.15) is 36.3 Å².